The molecule has 94 valence electrons. The minimum atomic E-state index is -0.495. The predicted octanol–water partition coefficient (Wildman–Crippen LogP) is 2.81. The number of amides is 1. The monoisotopic (exact) mass is 255 g/mol. The maximum atomic E-state index is 11.7. The van der Waals surface area contributed by atoms with Crippen LogP contribution in [0.3, 0.4) is 0 Å². The van der Waals surface area contributed by atoms with Crippen LogP contribution < -0.4 is 4.74 Å². The fraction of sp³-hybridized carbons (Fsp3) is 0.462. The number of carbonyl (C=O) groups is 1. The molecule has 0 aliphatic carbocycles. The molecule has 0 aliphatic rings. The molecular weight excluding hydrogens is 238 g/mol. The smallest absolute Gasteiger partial charge is 0.262 e. The third-order valence-electron chi connectivity index (χ3n) is 2.51. The van der Waals surface area contributed by atoms with Gasteiger partial charge in [-0.05, 0) is 44.0 Å². The summed E-state index contributed by atoms with van der Waals surface area (Å²) in [5.41, 5.74) is 1.90. The Bertz CT molecular complexity index is 406. The van der Waals surface area contributed by atoms with E-state index < -0.39 is 6.10 Å². The molecule has 0 N–H and O–H groups in total. The first-order valence-electron chi connectivity index (χ1n) is 5.47. The first-order chi connectivity index (χ1) is 7.82. The number of ether oxygens (including phenoxy) is 1. The van der Waals surface area contributed by atoms with Gasteiger partial charge in [-0.1, -0.05) is 11.6 Å². The quantitative estimate of drug-likeness (QED) is 0.831. The van der Waals surface area contributed by atoms with E-state index >= 15 is 0 Å². The average molecular weight is 256 g/mol. The van der Waals surface area contributed by atoms with Crippen LogP contribution in [0.4, 0.5) is 0 Å². The highest BCUT2D eigenvalue weighted by Gasteiger charge is 2.17. The van der Waals surface area contributed by atoms with Gasteiger partial charge in [-0.2, -0.15) is 0 Å². The molecule has 0 aromatic heterocycles. The van der Waals surface area contributed by atoms with Gasteiger partial charge < -0.3 is 9.64 Å². The first kappa shape index (κ1) is 13.8. The van der Waals surface area contributed by atoms with Gasteiger partial charge in [0.25, 0.3) is 5.91 Å². The Morgan fingerprint density at radius 1 is 1.29 bits per heavy atom. The Morgan fingerprint density at radius 2 is 1.76 bits per heavy atom. The molecule has 0 saturated carbocycles. The van der Waals surface area contributed by atoms with Gasteiger partial charge in [-0.15, -0.1) is 0 Å². The van der Waals surface area contributed by atoms with E-state index in [4.69, 9.17) is 16.3 Å². The van der Waals surface area contributed by atoms with Crippen LogP contribution >= 0.6 is 11.6 Å². The number of rotatable bonds is 3. The number of hydrogen-bond donors (Lipinski definition) is 0. The first-order valence-corrected chi connectivity index (χ1v) is 5.85. The van der Waals surface area contributed by atoms with Crippen molar-refractivity contribution in [2.24, 2.45) is 0 Å². The molecular formula is C13H18ClNO2. The normalized spacial score (nSPS) is 12.1. The number of likely N-dealkylation sites (N-methyl/N-ethyl adjacent to an activating group) is 1. The number of aryl methyl sites for hydroxylation is 2. The zero-order chi connectivity index (χ0) is 13.2. The van der Waals surface area contributed by atoms with Crippen LogP contribution in [-0.2, 0) is 4.79 Å². The number of nitrogens with zero attached hydrogens (tertiary/aromatic N) is 1. The van der Waals surface area contributed by atoms with Gasteiger partial charge in [-0.3, -0.25) is 4.79 Å². The third-order valence-corrected chi connectivity index (χ3v) is 3.11. The van der Waals surface area contributed by atoms with Crippen molar-refractivity contribution in [3.05, 3.63) is 28.3 Å². The summed E-state index contributed by atoms with van der Waals surface area (Å²) >= 11 is 6.07. The fourth-order valence-corrected chi connectivity index (χ4v) is 1.70. The lowest BCUT2D eigenvalue weighted by Gasteiger charge is -2.19. The largest absolute Gasteiger partial charge is 0.481 e. The van der Waals surface area contributed by atoms with E-state index in [0.29, 0.717) is 5.75 Å². The molecule has 1 amide bonds. The molecule has 0 heterocycles. The second-order valence-corrected chi connectivity index (χ2v) is 4.74. The lowest BCUT2D eigenvalue weighted by molar-refractivity contribution is -0.135. The minimum absolute atomic E-state index is 0.0599. The second-order valence-electron chi connectivity index (χ2n) is 4.36. The summed E-state index contributed by atoms with van der Waals surface area (Å²) in [6.07, 6.45) is -0.495. The number of hydrogen-bond acceptors (Lipinski definition) is 2. The molecule has 1 rings (SSSR count). The summed E-state index contributed by atoms with van der Waals surface area (Å²) in [5, 5.41) is 0.740. The molecule has 0 unspecified atom stereocenters. The van der Waals surface area contributed by atoms with Gasteiger partial charge in [-0.25, -0.2) is 0 Å². The van der Waals surface area contributed by atoms with Gasteiger partial charge >= 0.3 is 0 Å². The summed E-state index contributed by atoms with van der Waals surface area (Å²) in [6, 6.07) is 3.68. The van der Waals surface area contributed by atoms with Crippen LogP contribution in [0.1, 0.15) is 18.1 Å². The van der Waals surface area contributed by atoms with Crippen molar-refractivity contribution in [1.82, 2.24) is 4.90 Å². The Hall–Kier alpha value is -1.22. The van der Waals surface area contributed by atoms with E-state index in [1.54, 1.807) is 21.0 Å². The number of carbonyl (C=O) groups excluding carboxylic acids is 1. The summed E-state index contributed by atoms with van der Waals surface area (Å²) in [7, 11) is 3.42. The SMILES string of the molecule is Cc1cc(O[C@H](C)C(=O)N(C)C)cc(C)c1Cl. The molecule has 0 fully saturated rings. The standard InChI is InChI=1S/C13H18ClNO2/c1-8-6-11(7-9(2)12(8)14)17-10(3)13(16)15(4)5/h6-7,10H,1-5H3/t10-/m1/s1. The van der Waals surface area contributed by atoms with E-state index in [-0.39, 0.29) is 5.91 Å². The molecule has 0 radical (unpaired) electrons. The lowest BCUT2D eigenvalue weighted by Crippen LogP contribution is -2.35. The Labute approximate surface area is 107 Å². The van der Waals surface area contributed by atoms with Crippen molar-refractivity contribution in [2.45, 2.75) is 26.9 Å². The fourth-order valence-electron chi connectivity index (χ4n) is 1.59. The van der Waals surface area contributed by atoms with E-state index in [1.807, 2.05) is 26.0 Å². The Morgan fingerprint density at radius 3 is 2.18 bits per heavy atom. The zero-order valence-electron chi connectivity index (χ0n) is 10.9. The van der Waals surface area contributed by atoms with Gasteiger partial charge in [0.1, 0.15) is 5.75 Å². The summed E-state index contributed by atoms with van der Waals surface area (Å²) in [6.45, 7) is 5.57. The van der Waals surface area contributed by atoms with Crippen molar-refractivity contribution >= 4 is 17.5 Å². The Balaban J connectivity index is 2.86. The molecule has 0 aliphatic heterocycles. The molecule has 0 spiro atoms. The van der Waals surface area contributed by atoms with Crippen molar-refractivity contribution in [1.29, 1.82) is 0 Å². The predicted molar refractivity (Wildman–Crippen MR) is 69.7 cm³/mol. The highest BCUT2D eigenvalue weighted by atomic mass is 35.5. The van der Waals surface area contributed by atoms with Gasteiger partial charge in [0.05, 0.1) is 0 Å². The van der Waals surface area contributed by atoms with Gasteiger partial charge in [0, 0.05) is 19.1 Å². The zero-order valence-corrected chi connectivity index (χ0v) is 11.6. The summed E-state index contributed by atoms with van der Waals surface area (Å²) in [4.78, 5) is 13.2. The maximum Gasteiger partial charge on any atom is 0.262 e. The lowest BCUT2D eigenvalue weighted by atomic mass is 10.1. The van der Waals surface area contributed by atoms with Crippen molar-refractivity contribution in [3.63, 3.8) is 0 Å². The summed E-state index contributed by atoms with van der Waals surface area (Å²) in [5.74, 6) is 0.613. The van der Waals surface area contributed by atoms with Crippen LogP contribution in [0, 0.1) is 13.8 Å². The highest BCUT2D eigenvalue weighted by Crippen LogP contribution is 2.26. The molecule has 1 atom stereocenters. The maximum absolute atomic E-state index is 11.7. The van der Waals surface area contributed by atoms with E-state index in [2.05, 4.69) is 0 Å². The average Bonchev–Trinajstić information content (AvgIpc) is 2.24. The molecule has 0 bridgehead atoms. The number of halogens is 1. The van der Waals surface area contributed by atoms with E-state index in [0.717, 1.165) is 16.1 Å². The van der Waals surface area contributed by atoms with Crippen LogP contribution in [0.5, 0.6) is 5.75 Å². The van der Waals surface area contributed by atoms with Crippen molar-refractivity contribution in [3.8, 4) is 5.75 Å². The molecule has 1 aromatic rings. The highest BCUT2D eigenvalue weighted by molar-refractivity contribution is 6.32. The molecule has 1 aromatic carbocycles. The molecule has 4 heteroatoms. The Kier molecular flexibility index (Phi) is 4.40. The minimum Gasteiger partial charge on any atom is -0.481 e. The van der Waals surface area contributed by atoms with Gasteiger partial charge in [0.2, 0.25) is 0 Å². The van der Waals surface area contributed by atoms with Crippen LogP contribution in [0.15, 0.2) is 12.1 Å². The van der Waals surface area contributed by atoms with E-state index in [1.165, 1.54) is 4.90 Å². The number of benzene rings is 1. The molecule has 3 nitrogen and oxygen atoms in total. The summed E-state index contributed by atoms with van der Waals surface area (Å²) < 4.78 is 5.60. The second kappa shape index (κ2) is 5.41. The van der Waals surface area contributed by atoms with Crippen LogP contribution in [0.2, 0.25) is 5.02 Å². The van der Waals surface area contributed by atoms with Crippen molar-refractivity contribution < 1.29 is 9.53 Å². The van der Waals surface area contributed by atoms with Gasteiger partial charge in [0.15, 0.2) is 6.10 Å². The van der Waals surface area contributed by atoms with Crippen LogP contribution in [-0.4, -0.2) is 31.0 Å². The van der Waals surface area contributed by atoms with Crippen molar-refractivity contribution in [2.75, 3.05) is 14.1 Å². The molecule has 0 saturated heterocycles. The van der Waals surface area contributed by atoms with E-state index in [9.17, 15) is 4.79 Å². The molecule has 17 heavy (non-hydrogen) atoms. The topological polar surface area (TPSA) is 29.5 Å². The third kappa shape index (κ3) is 3.37. The van der Waals surface area contributed by atoms with Crippen LogP contribution in [0.25, 0.3) is 0 Å².